The van der Waals surface area contributed by atoms with Gasteiger partial charge in [0.05, 0.1) is 5.41 Å². The molecule has 3 rings (SSSR count). The Morgan fingerprint density at radius 2 is 1.92 bits per heavy atom. The van der Waals surface area contributed by atoms with Crippen molar-refractivity contribution in [1.82, 2.24) is 5.32 Å². The molecule has 0 unspecified atom stereocenters. The van der Waals surface area contributed by atoms with Crippen LogP contribution in [0.4, 0.5) is 4.79 Å². The molecule has 0 fully saturated rings. The fourth-order valence-electron chi connectivity index (χ4n) is 3.33. The summed E-state index contributed by atoms with van der Waals surface area (Å²) in [5.74, 6) is 0. The van der Waals surface area contributed by atoms with E-state index in [0.717, 1.165) is 5.56 Å². The minimum atomic E-state index is -0.486. The number of carbonyl (C=O) groups excluding carboxylic acids is 1. The molecule has 0 saturated heterocycles. The summed E-state index contributed by atoms with van der Waals surface area (Å²) in [5.41, 5.74) is 5.56. The molecule has 1 aliphatic rings. The Morgan fingerprint density at radius 3 is 2.60 bits per heavy atom. The first kappa shape index (κ1) is 17.5. The number of pyridine rings is 1. The maximum atomic E-state index is 11.9. The van der Waals surface area contributed by atoms with Gasteiger partial charge in [0.1, 0.15) is 5.60 Å². The third-order valence-corrected chi connectivity index (χ3v) is 4.58. The van der Waals surface area contributed by atoms with Crippen molar-refractivity contribution in [3.8, 4) is 5.69 Å². The first-order valence-electron chi connectivity index (χ1n) is 8.71. The molecule has 132 valence electrons. The van der Waals surface area contributed by atoms with Crippen LogP contribution in [0.2, 0.25) is 0 Å². The molecule has 0 saturated carbocycles. The minimum Gasteiger partial charge on any atom is -0.444 e. The lowest BCUT2D eigenvalue weighted by atomic mass is 9.82. The van der Waals surface area contributed by atoms with Gasteiger partial charge in [-0.2, -0.15) is 4.57 Å². The number of nitrogens with one attached hydrogen (secondary N) is 1. The lowest BCUT2D eigenvalue weighted by molar-refractivity contribution is -0.599. The molecule has 0 spiro atoms. The van der Waals surface area contributed by atoms with E-state index in [1.807, 2.05) is 20.8 Å². The van der Waals surface area contributed by atoms with Crippen LogP contribution >= 0.6 is 0 Å². The van der Waals surface area contributed by atoms with Crippen LogP contribution in [0.25, 0.3) is 5.69 Å². The van der Waals surface area contributed by atoms with Crippen LogP contribution in [-0.2, 0) is 16.7 Å². The number of fused-ring (bicyclic) bond motifs is 3. The van der Waals surface area contributed by atoms with Crippen molar-refractivity contribution in [2.24, 2.45) is 0 Å². The van der Waals surface area contributed by atoms with Gasteiger partial charge in [-0.1, -0.05) is 6.07 Å². The molecule has 2 aromatic rings. The third kappa shape index (κ3) is 3.39. The van der Waals surface area contributed by atoms with E-state index >= 15 is 0 Å². The molecule has 4 nitrogen and oxygen atoms in total. The first-order valence-corrected chi connectivity index (χ1v) is 8.71. The number of hydrogen-bond donors (Lipinski definition) is 1. The van der Waals surface area contributed by atoms with Crippen LogP contribution in [0.3, 0.4) is 0 Å². The van der Waals surface area contributed by atoms with Crippen LogP contribution < -0.4 is 9.88 Å². The monoisotopic (exact) mass is 339 g/mol. The molecular formula is C21H27N2O2+. The van der Waals surface area contributed by atoms with Crippen molar-refractivity contribution in [1.29, 1.82) is 0 Å². The summed E-state index contributed by atoms with van der Waals surface area (Å²) in [6, 6.07) is 10.8. The predicted octanol–water partition coefficient (Wildman–Crippen LogP) is 3.94. The standard InChI is InChI=1S/C21H26N2O2/c1-14-9-10-23-17-8-7-15(13-22-19(24)25-20(2,3)4)12-16(17)21(5,6)18(23)11-14/h7-12H,13H2,1-6H3/p+1. The van der Waals surface area contributed by atoms with Gasteiger partial charge in [-0.25, -0.2) is 4.79 Å². The Morgan fingerprint density at radius 1 is 1.20 bits per heavy atom. The summed E-state index contributed by atoms with van der Waals surface area (Å²) in [7, 11) is 0. The smallest absolute Gasteiger partial charge is 0.407 e. The molecule has 25 heavy (non-hydrogen) atoms. The zero-order valence-corrected chi connectivity index (χ0v) is 15.9. The Bertz CT molecular complexity index is 832. The second-order valence-electron chi connectivity index (χ2n) is 8.29. The van der Waals surface area contributed by atoms with Crippen molar-refractivity contribution >= 4 is 6.09 Å². The van der Waals surface area contributed by atoms with Gasteiger partial charge in [-0.15, -0.1) is 0 Å². The third-order valence-electron chi connectivity index (χ3n) is 4.58. The molecule has 0 radical (unpaired) electrons. The largest absolute Gasteiger partial charge is 0.444 e. The van der Waals surface area contributed by atoms with Gasteiger partial charge in [0.25, 0.3) is 0 Å². The highest BCUT2D eigenvalue weighted by atomic mass is 16.6. The van der Waals surface area contributed by atoms with Crippen LogP contribution in [0.15, 0.2) is 36.5 Å². The number of amides is 1. The topological polar surface area (TPSA) is 42.2 Å². The van der Waals surface area contributed by atoms with E-state index in [1.165, 1.54) is 22.5 Å². The molecule has 2 heterocycles. The summed E-state index contributed by atoms with van der Waals surface area (Å²) in [4.78, 5) is 11.9. The summed E-state index contributed by atoms with van der Waals surface area (Å²) in [5, 5.41) is 2.84. The average Bonchev–Trinajstić information content (AvgIpc) is 2.71. The van der Waals surface area contributed by atoms with E-state index in [-0.39, 0.29) is 11.5 Å². The predicted molar refractivity (Wildman–Crippen MR) is 97.9 cm³/mol. The SMILES string of the molecule is Cc1cc[n+]2c(c1)C(C)(C)c1cc(CNC(=O)OC(C)(C)C)ccc1-2. The molecule has 1 aromatic heterocycles. The average molecular weight is 339 g/mol. The molecular weight excluding hydrogens is 312 g/mol. The number of rotatable bonds is 2. The zero-order chi connectivity index (χ0) is 18.4. The molecule has 1 N–H and O–H groups in total. The minimum absolute atomic E-state index is 0.0662. The van der Waals surface area contributed by atoms with Gasteiger partial charge in [0.2, 0.25) is 5.69 Å². The number of alkyl carbamates (subject to hydrolysis) is 1. The van der Waals surface area contributed by atoms with E-state index in [4.69, 9.17) is 4.74 Å². The highest BCUT2D eigenvalue weighted by Gasteiger charge is 2.43. The highest BCUT2D eigenvalue weighted by molar-refractivity contribution is 5.67. The molecule has 1 aliphatic heterocycles. The van der Waals surface area contributed by atoms with E-state index in [9.17, 15) is 4.79 Å². The Labute approximate surface area is 149 Å². The maximum absolute atomic E-state index is 11.9. The van der Waals surface area contributed by atoms with Gasteiger partial charge in [0.15, 0.2) is 11.9 Å². The van der Waals surface area contributed by atoms with Gasteiger partial charge in [-0.05, 0) is 58.7 Å². The van der Waals surface area contributed by atoms with Crippen LogP contribution in [0.1, 0.15) is 57.0 Å². The lowest BCUT2D eigenvalue weighted by Crippen LogP contribution is -2.34. The Hall–Kier alpha value is -2.36. The number of hydrogen-bond acceptors (Lipinski definition) is 2. The van der Waals surface area contributed by atoms with Crippen molar-refractivity contribution in [2.75, 3.05) is 0 Å². The number of carbonyl (C=O) groups is 1. The van der Waals surface area contributed by atoms with Crippen molar-refractivity contribution < 1.29 is 14.1 Å². The number of aryl methyl sites for hydroxylation is 1. The Balaban J connectivity index is 1.84. The van der Waals surface area contributed by atoms with Gasteiger partial charge in [0, 0.05) is 30.3 Å². The van der Waals surface area contributed by atoms with Gasteiger partial charge >= 0.3 is 6.09 Å². The zero-order valence-electron chi connectivity index (χ0n) is 15.9. The van der Waals surface area contributed by atoms with Crippen molar-refractivity contribution in [3.05, 3.63) is 58.9 Å². The summed E-state index contributed by atoms with van der Waals surface area (Å²) in [6.45, 7) is 12.7. The molecule has 4 heteroatoms. The molecule has 1 amide bonds. The molecule has 0 bridgehead atoms. The highest BCUT2D eigenvalue weighted by Crippen LogP contribution is 2.38. The maximum Gasteiger partial charge on any atom is 0.407 e. The van der Waals surface area contributed by atoms with Gasteiger partial charge < -0.3 is 10.1 Å². The second-order valence-corrected chi connectivity index (χ2v) is 8.29. The van der Waals surface area contributed by atoms with Crippen molar-refractivity contribution in [2.45, 2.75) is 59.1 Å². The first-order chi connectivity index (χ1) is 11.6. The molecule has 0 aliphatic carbocycles. The van der Waals surface area contributed by atoms with Gasteiger partial charge in [-0.3, -0.25) is 0 Å². The van der Waals surface area contributed by atoms with Crippen LogP contribution in [-0.4, -0.2) is 11.7 Å². The number of ether oxygens (including phenoxy) is 1. The van der Waals surface area contributed by atoms with E-state index in [1.54, 1.807) is 0 Å². The summed E-state index contributed by atoms with van der Waals surface area (Å²) < 4.78 is 7.56. The van der Waals surface area contributed by atoms with Crippen LogP contribution in [0, 0.1) is 6.92 Å². The quantitative estimate of drug-likeness (QED) is 0.842. The summed E-state index contributed by atoms with van der Waals surface area (Å²) in [6.07, 6.45) is 1.75. The lowest BCUT2D eigenvalue weighted by Gasteiger charge is -2.20. The number of benzene rings is 1. The normalized spacial score (nSPS) is 14.6. The summed E-state index contributed by atoms with van der Waals surface area (Å²) >= 11 is 0. The fourth-order valence-corrected chi connectivity index (χ4v) is 3.33. The Kier molecular flexibility index (Phi) is 4.10. The number of aromatic nitrogens is 1. The van der Waals surface area contributed by atoms with Crippen molar-refractivity contribution in [3.63, 3.8) is 0 Å². The van der Waals surface area contributed by atoms with E-state index in [2.05, 4.69) is 67.2 Å². The van der Waals surface area contributed by atoms with E-state index < -0.39 is 5.60 Å². The number of nitrogens with zero attached hydrogens (tertiary/aromatic N) is 1. The molecule has 0 atom stereocenters. The second kappa shape index (κ2) is 5.87. The van der Waals surface area contributed by atoms with E-state index in [0.29, 0.717) is 6.54 Å². The van der Waals surface area contributed by atoms with Crippen LogP contribution in [0.5, 0.6) is 0 Å². The molecule has 1 aromatic carbocycles. The fraction of sp³-hybridized carbons (Fsp3) is 0.429.